The number of carbonyl (C=O) groups is 1. The van der Waals surface area contributed by atoms with Crippen LogP contribution in [-0.4, -0.2) is 24.1 Å². The number of methoxy groups -OCH3 is 1. The molecule has 7 heteroatoms. The van der Waals surface area contributed by atoms with E-state index in [1.165, 1.54) is 13.2 Å². The molecule has 0 saturated heterocycles. The second-order valence-corrected chi connectivity index (χ2v) is 3.38. The van der Waals surface area contributed by atoms with Crippen molar-refractivity contribution in [3.8, 4) is 0 Å². The van der Waals surface area contributed by atoms with E-state index < -0.39 is 12.0 Å². The molecule has 90 valence electrons. The lowest BCUT2D eigenvalue weighted by atomic mass is 10.1. The first-order chi connectivity index (χ1) is 7.99. The number of nitrogens with two attached hydrogens (primary N) is 3. The van der Waals surface area contributed by atoms with E-state index in [4.69, 9.17) is 23.8 Å². The maximum absolute atomic E-state index is 11.2. The van der Waals surface area contributed by atoms with Gasteiger partial charge in [0.05, 0.1) is 19.4 Å². The van der Waals surface area contributed by atoms with E-state index in [1.54, 1.807) is 0 Å². The monoisotopic (exact) mass is 235 g/mol. The fourth-order valence-corrected chi connectivity index (χ4v) is 1.35. The number of nitrogen functional groups attached to an aromatic ring is 2. The number of hydrogen-bond acceptors (Lipinski definition) is 6. The molecule has 0 bridgehead atoms. The van der Waals surface area contributed by atoms with E-state index >= 15 is 0 Å². The van der Waals surface area contributed by atoms with Gasteiger partial charge < -0.3 is 21.9 Å². The number of esters is 1. The van der Waals surface area contributed by atoms with Crippen LogP contribution in [-0.2, 0) is 16.0 Å². The molecule has 0 aromatic carbocycles. The van der Waals surface area contributed by atoms with Crippen molar-refractivity contribution in [3.63, 3.8) is 0 Å². The number of anilines is 2. The minimum Gasteiger partial charge on any atom is -0.468 e. The smallest absolute Gasteiger partial charge is 0.322 e. The summed E-state index contributed by atoms with van der Waals surface area (Å²) in [6, 6.07) is 0.495. The molecule has 1 aromatic rings. The van der Waals surface area contributed by atoms with Gasteiger partial charge in [-0.05, 0) is 6.07 Å². The van der Waals surface area contributed by atoms with E-state index in [2.05, 4.69) is 14.6 Å². The van der Waals surface area contributed by atoms with Gasteiger partial charge in [0.25, 0.3) is 0 Å². The third-order valence-corrected chi connectivity index (χ3v) is 2.14. The van der Waals surface area contributed by atoms with Gasteiger partial charge in [0, 0.05) is 12.1 Å². The van der Waals surface area contributed by atoms with Crippen molar-refractivity contribution >= 4 is 23.2 Å². The van der Waals surface area contributed by atoms with E-state index in [0.717, 1.165) is 0 Å². The van der Waals surface area contributed by atoms with Crippen molar-refractivity contribution in [1.82, 2.24) is 4.98 Å². The quantitative estimate of drug-likeness (QED) is 0.494. The van der Waals surface area contributed by atoms with Gasteiger partial charge in [-0.15, -0.1) is 0 Å². The molecule has 1 heterocycles. The van der Waals surface area contributed by atoms with Crippen LogP contribution in [0, 0.1) is 6.57 Å². The predicted octanol–water partition coefficient (Wildman–Crippen LogP) is -0.160. The lowest BCUT2D eigenvalue weighted by molar-refractivity contribution is -0.142. The number of nitrogens with zero attached hydrogens (tertiary/aromatic N) is 2. The summed E-state index contributed by atoms with van der Waals surface area (Å²) in [6.07, 6.45) is 0.0552. The Morgan fingerprint density at radius 1 is 1.65 bits per heavy atom. The van der Waals surface area contributed by atoms with Crippen molar-refractivity contribution < 1.29 is 9.53 Å². The number of hydrogen-bond donors (Lipinski definition) is 3. The lowest BCUT2D eigenvalue weighted by Crippen LogP contribution is -2.34. The minimum absolute atomic E-state index is 0.0552. The van der Waals surface area contributed by atoms with Crippen LogP contribution in [0.2, 0.25) is 0 Å². The first kappa shape index (κ1) is 12.7. The Morgan fingerprint density at radius 3 is 2.82 bits per heavy atom. The van der Waals surface area contributed by atoms with Gasteiger partial charge in [-0.25, -0.2) is 9.83 Å². The number of aromatic nitrogens is 1. The Balaban J connectivity index is 3.06. The van der Waals surface area contributed by atoms with Gasteiger partial charge in [0.2, 0.25) is 5.69 Å². The molecule has 0 amide bonds. The fraction of sp³-hybridized carbons (Fsp3) is 0.300. The third-order valence-electron chi connectivity index (χ3n) is 2.14. The molecule has 0 aliphatic heterocycles. The van der Waals surface area contributed by atoms with Crippen LogP contribution in [0.1, 0.15) is 5.69 Å². The van der Waals surface area contributed by atoms with E-state index in [1.807, 2.05) is 0 Å². The highest BCUT2D eigenvalue weighted by Gasteiger charge is 2.19. The van der Waals surface area contributed by atoms with Crippen LogP contribution in [0.5, 0.6) is 0 Å². The third kappa shape index (κ3) is 2.83. The van der Waals surface area contributed by atoms with Gasteiger partial charge in [-0.2, -0.15) is 0 Å². The molecular formula is C10H13N5O2. The normalized spacial score (nSPS) is 11.6. The fourth-order valence-electron chi connectivity index (χ4n) is 1.35. The molecule has 6 N–H and O–H groups in total. The van der Waals surface area contributed by atoms with Gasteiger partial charge in [-0.1, -0.05) is 0 Å². The second-order valence-electron chi connectivity index (χ2n) is 3.38. The molecule has 0 fully saturated rings. The van der Waals surface area contributed by atoms with Gasteiger partial charge >= 0.3 is 5.97 Å². The molecule has 0 unspecified atom stereocenters. The summed E-state index contributed by atoms with van der Waals surface area (Å²) in [5.74, 6) is -0.398. The number of rotatable bonds is 3. The van der Waals surface area contributed by atoms with Crippen LogP contribution >= 0.6 is 0 Å². The summed E-state index contributed by atoms with van der Waals surface area (Å²) in [4.78, 5) is 18.4. The summed E-state index contributed by atoms with van der Waals surface area (Å²) < 4.78 is 4.49. The van der Waals surface area contributed by atoms with Gasteiger partial charge in [-0.3, -0.25) is 4.79 Å². The molecule has 1 aromatic heterocycles. The average Bonchev–Trinajstić information content (AvgIpc) is 2.27. The van der Waals surface area contributed by atoms with Crippen molar-refractivity contribution in [2.75, 3.05) is 18.6 Å². The molecule has 0 spiro atoms. The second kappa shape index (κ2) is 5.14. The van der Waals surface area contributed by atoms with E-state index in [9.17, 15) is 4.79 Å². The first-order valence-electron chi connectivity index (χ1n) is 4.75. The van der Waals surface area contributed by atoms with Crippen LogP contribution in [0.25, 0.3) is 4.85 Å². The number of carbonyl (C=O) groups excluding carboxylic acids is 1. The largest absolute Gasteiger partial charge is 0.468 e. The van der Waals surface area contributed by atoms with Crippen molar-refractivity contribution in [1.29, 1.82) is 0 Å². The van der Waals surface area contributed by atoms with Crippen LogP contribution < -0.4 is 17.2 Å². The molecular weight excluding hydrogens is 222 g/mol. The molecule has 17 heavy (non-hydrogen) atoms. The minimum atomic E-state index is -0.894. The first-order valence-corrected chi connectivity index (χ1v) is 4.75. The van der Waals surface area contributed by atoms with Crippen LogP contribution in [0.15, 0.2) is 6.07 Å². The highest BCUT2D eigenvalue weighted by atomic mass is 16.5. The zero-order valence-electron chi connectivity index (χ0n) is 9.30. The average molecular weight is 235 g/mol. The Hall–Kier alpha value is -2.33. The van der Waals surface area contributed by atoms with E-state index in [-0.39, 0.29) is 23.6 Å². The molecule has 0 saturated carbocycles. The molecule has 7 nitrogen and oxygen atoms in total. The lowest BCUT2D eigenvalue weighted by Gasteiger charge is -2.11. The van der Waals surface area contributed by atoms with Crippen LogP contribution in [0.3, 0.4) is 0 Å². The Bertz CT molecular complexity index is 480. The molecule has 0 aliphatic carbocycles. The SMILES string of the molecule is [C-]#[N+]c1c(N)cc(N)nc1C[C@@H](N)C(=O)OC. The zero-order chi connectivity index (χ0) is 13.0. The molecule has 1 atom stereocenters. The molecule has 0 radical (unpaired) electrons. The van der Waals surface area contributed by atoms with Crippen molar-refractivity contribution in [3.05, 3.63) is 23.2 Å². The maximum Gasteiger partial charge on any atom is 0.322 e. The predicted molar refractivity (Wildman–Crippen MR) is 63.0 cm³/mol. The topological polar surface area (TPSA) is 122 Å². The Morgan fingerprint density at radius 2 is 2.29 bits per heavy atom. The van der Waals surface area contributed by atoms with Crippen molar-refractivity contribution in [2.24, 2.45) is 5.73 Å². The summed E-state index contributed by atoms with van der Waals surface area (Å²) in [7, 11) is 1.24. The highest BCUT2D eigenvalue weighted by molar-refractivity contribution is 5.77. The van der Waals surface area contributed by atoms with E-state index in [0.29, 0.717) is 5.69 Å². The summed E-state index contributed by atoms with van der Waals surface area (Å²) in [6.45, 7) is 7.00. The summed E-state index contributed by atoms with van der Waals surface area (Å²) >= 11 is 0. The van der Waals surface area contributed by atoms with Crippen molar-refractivity contribution in [2.45, 2.75) is 12.5 Å². The maximum atomic E-state index is 11.2. The standard InChI is InChI=1S/C10H13N5O2/c1-14-9-5(11)4-8(13)15-7(9)3-6(12)10(16)17-2/h4,6H,3,12H2,2H3,(H4,11,13,15)/t6-/m1/s1. The summed E-state index contributed by atoms with van der Waals surface area (Å²) in [5, 5.41) is 0. The number of pyridine rings is 1. The van der Waals surface area contributed by atoms with Gasteiger partial charge in [0.1, 0.15) is 11.9 Å². The summed E-state index contributed by atoms with van der Waals surface area (Å²) in [5.41, 5.74) is 17.4. The molecule has 0 aliphatic rings. The van der Waals surface area contributed by atoms with Gasteiger partial charge in [0.15, 0.2) is 0 Å². The Labute approximate surface area is 98.4 Å². The Kier molecular flexibility index (Phi) is 3.85. The number of ether oxygens (including phenoxy) is 1. The highest BCUT2D eigenvalue weighted by Crippen LogP contribution is 2.28. The molecule has 1 rings (SSSR count). The van der Waals surface area contributed by atoms with Crippen LogP contribution in [0.4, 0.5) is 17.2 Å². The zero-order valence-corrected chi connectivity index (χ0v) is 9.30.